The molecule has 0 saturated heterocycles. The fourth-order valence-corrected chi connectivity index (χ4v) is 3.88. The van der Waals surface area contributed by atoms with E-state index >= 15 is 0 Å². The third kappa shape index (κ3) is 3.96. The zero-order valence-electron chi connectivity index (χ0n) is 12.6. The van der Waals surface area contributed by atoms with E-state index in [1.165, 1.54) is 57.9 Å². The summed E-state index contributed by atoms with van der Waals surface area (Å²) >= 11 is 0. The summed E-state index contributed by atoms with van der Waals surface area (Å²) < 4.78 is 0. The average Bonchev–Trinajstić information content (AvgIpc) is 2.28. The molecule has 2 aliphatic carbocycles. The van der Waals surface area contributed by atoms with Crippen LogP contribution in [0, 0.1) is 11.3 Å². The second kappa shape index (κ2) is 5.92. The highest BCUT2D eigenvalue weighted by Crippen LogP contribution is 2.37. The van der Waals surface area contributed by atoms with Gasteiger partial charge in [0.2, 0.25) is 0 Å². The van der Waals surface area contributed by atoms with Crippen molar-refractivity contribution >= 4 is 0 Å². The van der Waals surface area contributed by atoms with Crippen LogP contribution in [0.2, 0.25) is 0 Å². The summed E-state index contributed by atoms with van der Waals surface area (Å²) in [6.45, 7) is 6.12. The van der Waals surface area contributed by atoms with Crippen LogP contribution in [0.5, 0.6) is 0 Å². The highest BCUT2D eigenvalue weighted by Gasteiger charge is 2.30. The van der Waals surface area contributed by atoms with E-state index in [0.29, 0.717) is 11.5 Å². The Bertz CT molecular complexity index is 252. The Morgan fingerprint density at radius 1 is 1.11 bits per heavy atom. The topological polar surface area (TPSA) is 29.3 Å². The molecule has 0 aliphatic heterocycles. The standard InChI is InChI=1S/C16H32N2/c1-16(2)9-7-15(8-10-16)18(3)12-13-5-4-6-14(17)11-13/h13-15H,4-12,17H2,1-3H3. The van der Waals surface area contributed by atoms with Gasteiger partial charge in [0.15, 0.2) is 0 Å². The lowest BCUT2D eigenvalue weighted by Crippen LogP contribution is -2.41. The van der Waals surface area contributed by atoms with E-state index in [1.54, 1.807) is 0 Å². The van der Waals surface area contributed by atoms with E-state index in [9.17, 15) is 0 Å². The maximum absolute atomic E-state index is 6.10. The van der Waals surface area contributed by atoms with E-state index in [4.69, 9.17) is 5.73 Å². The van der Waals surface area contributed by atoms with Crippen LogP contribution in [0.4, 0.5) is 0 Å². The average molecular weight is 252 g/mol. The first-order valence-electron chi connectivity index (χ1n) is 7.92. The molecule has 0 heterocycles. The molecule has 0 amide bonds. The van der Waals surface area contributed by atoms with Gasteiger partial charge in [-0.05, 0) is 63.3 Å². The Labute approximate surface area is 113 Å². The van der Waals surface area contributed by atoms with Crippen molar-refractivity contribution in [1.82, 2.24) is 4.90 Å². The van der Waals surface area contributed by atoms with E-state index in [1.807, 2.05) is 0 Å². The molecule has 2 rings (SSSR count). The molecule has 2 saturated carbocycles. The summed E-state index contributed by atoms with van der Waals surface area (Å²) in [4.78, 5) is 2.64. The number of rotatable bonds is 3. The van der Waals surface area contributed by atoms with Gasteiger partial charge in [0.25, 0.3) is 0 Å². The molecule has 0 spiro atoms. The van der Waals surface area contributed by atoms with Crippen LogP contribution in [0.3, 0.4) is 0 Å². The van der Waals surface area contributed by atoms with Gasteiger partial charge < -0.3 is 10.6 Å². The van der Waals surface area contributed by atoms with Gasteiger partial charge >= 0.3 is 0 Å². The fraction of sp³-hybridized carbons (Fsp3) is 1.00. The summed E-state index contributed by atoms with van der Waals surface area (Å²) in [6.07, 6.45) is 10.8. The lowest BCUT2D eigenvalue weighted by Gasteiger charge is -2.40. The van der Waals surface area contributed by atoms with Crippen molar-refractivity contribution in [2.24, 2.45) is 17.1 Å². The minimum Gasteiger partial charge on any atom is -0.328 e. The van der Waals surface area contributed by atoms with Crippen LogP contribution in [0.25, 0.3) is 0 Å². The molecule has 0 aromatic rings. The Hall–Kier alpha value is -0.0800. The number of hydrogen-bond donors (Lipinski definition) is 1. The van der Waals surface area contributed by atoms with Gasteiger partial charge in [-0.25, -0.2) is 0 Å². The summed E-state index contributed by atoms with van der Waals surface area (Å²) in [5.74, 6) is 0.855. The SMILES string of the molecule is CN(CC1CCCC(N)C1)C1CCC(C)(C)CC1. The zero-order chi connectivity index (χ0) is 13.2. The van der Waals surface area contributed by atoms with Crippen molar-refractivity contribution in [3.63, 3.8) is 0 Å². The van der Waals surface area contributed by atoms with Gasteiger partial charge in [-0.1, -0.05) is 20.3 Å². The van der Waals surface area contributed by atoms with Gasteiger partial charge in [0.1, 0.15) is 0 Å². The van der Waals surface area contributed by atoms with Crippen molar-refractivity contribution in [3.8, 4) is 0 Å². The zero-order valence-corrected chi connectivity index (χ0v) is 12.6. The van der Waals surface area contributed by atoms with Crippen LogP contribution in [0.1, 0.15) is 65.2 Å². The molecule has 0 aromatic heterocycles. The Balaban J connectivity index is 1.76. The lowest BCUT2D eigenvalue weighted by molar-refractivity contribution is 0.105. The minimum absolute atomic E-state index is 0.474. The van der Waals surface area contributed by atoms with Gasteiger partial charge in [-0.3, -0.25) is 0 Å². The van der Waals surface area contributed by atoms with Crippen LogP contribution in [0.15, 0.2) is 0 Å². The smallest absolute Gasteiger partial charge is 0.00927 e. The summed E-state index contributed by atoms with van der Waals surface area (Å²) in [5.41, 5.74) is 6.68. The summed E-state index contributed by atoms with van der Waals surface area (Å²) in [5, 5.41) is 0. The van der Waals surface area contributed by atoms with Crippen molar-refractivity contribution in [3.05, 3.63) is 0 Å². The van der Waals surface area contributed by atoms with E-state index in [-0.39, 0.29) is 0 Å². The first-order chi connectivity index (χ1) is 8.46. The van der Waals surface area contributed by atoms with Gasteiger partial charge in [0, 0.05) is 18.6 Å². The Morgan fingerprint density at radius 2 is 1.78 bits per heavy atom. The normalized spacial score (nSPS) is 33.8. The molecule has 106 valence electrons. The quantitative estimate of drug-likeness (QED) is 0.834. The van der Waals surface area contributed by atoms with Crippen LogP contribution < -0.4 is 5.73 Å². The maximum atomic E-state index is 6.10. The molecule has 2 fully saturated rings. The molecule has 2 N–H and O–H groups in total. The number of nitrogens with zero attached hydrogens (tertiary/aromatic N) is 1. The first kappa shape index (κ1) is 14.3. The number of nitrogens with two attached hydrogens (primary N) is 1. The molecule has 2 atom stereocenters. The molecule has 18 heavy (non-hydrogen) atoms. The van der Waals surface area contributed by atoms with Crippen LogP contribution in [-0.4, -0.2) is 30.6 Å². The predicted octanol–water partition coefficient (Wildman–Crippen LogP) is 3.40. The van der Waals surface area contributed by atoms with Crippen molar-refractivity contribution in [2.45, 2.75) is 77.3 Å². The molecule has 2 nitrogen and oxygen atoms in total. The Kier molecular flexibility index (Phi) is 4.71. The predicted molar refractivity (Wildman–Crippen MR) is 78.6 cm³/mol. The van der Waals surface area contributed by atoms with E-state index < -0.39 is 0 Å². The third-order valence-electron chi connectivity index (χ3n) is 5.30. The first-order valence-corrected chi connectivity index (χ1v) is 7.92. The molecule has 0 aromatic carbocycles. The van der Waals surface area contributed by atoms with Gasteiger partial charge in [-0.15, -0.1) is 0 Å². The lowest BCUT2D eigenvalue weighted by atomic mass is 9.75. The molecule has 2 heteroatoms. The largest absolute Gasteiger partial charge is 0.328 e. The van der Waals surface area contributed by atoms with E-state index in [2.05, 4.69) is 25.8 Å². The number of hydrogen-bond acceptors (Lipinski definition) is 2. The van der Waals surface area contributed by atoms with Crippen molar-refractivity contribution in [1.29, 1.82) is 0 Å². The molecule has 0 bridgehead atoms. The molecule has 2 aliphatic rings. The molecular formula is C16H32N2. The van der Waals surface area contributed by atoms with Gasteiger partial charge in [0.05, 0.1) is 0 Å². The second-order valence-corrected chi connectivity index (χ2v) is 7.63. The molecule has 0 radical (unpaired) electrons. The minimum atomic E-state index is 0.474. The molecular weight excluding hydrogens is 220 g/mol. The Morgan fingerprint density at radius 3 is 2.39 bits per heavy atom. The maximum Gasteiger partial charge on any atom is 0.00927 e. The monoisotopic (exact) mass is 252 g/mol. The van der Waals surface area contributed by atoms with Crippen LogP contribution in [-0.2, 0) is 0 Å². The highest BCUT2D eigenvalue weighted by atomic mass is 15.1. The molecule has 2 unspecified atom stereocenters. The van der Waals surface area contributed by atoms with Crippen molar-refractivity contribution < 1.29 is 0 Å². The third-order valence-corrected chi connectivity index (χ3v) is 5.30. The van der Waals surface area contributed by atoms with Crippen LogP contribution >= 0.6 is 0 Å². The highest BCUT2D eigenvalue weighted by molar-refractivity contribution is 4.85. The summed E-state index contributed by atoms with van der Waals surface area (Å²) in [6, 6.07) is 1.30. The fourth-order valence-electron chi connectivity index (χ4n) is 3.88. The van der Waals surface area contributed by atoms with Crippen molar-refractivity contribution in [2.75, 3.05) is 13.6 Å². The van der Waals surface area contributed by atoms with Gasteiger partial charge in [-0.2, -0.15) is 0 Å². The summed E-state index contributed by atoms with van der Waals surface area (Å²) in [7, 11) is 2.34. The second-order valence-electron chi connectivity index (χ2n) is 7.63. The van der Waals surface area contributed by atoms with E-state index in [0.717, 1.165) is 12.0 Å².